The predicted octanol–water partition coefficient (Wildman–Crippen LogP) is 3.29. The number of aliphatic hydroxyl groups excluding tert-OH is 1. The molecule has 1 heterocycles. The van der Waals surface area contributed by atoms with Gasteiger partial charge in [0.2, 0.25) is 0 Å². The van der Waals surface area contributed by atoms with Gasteiger partial charge < -0.3 is 10.0 Å². The number of nitrogens with zero attached hydrogens (tertiary/aromatic N) is 1. The van der Waals surface area contributed by atoms with Crippen LogP contribution in [0.3, 0.4) is 0 Å². The Labute approximate surface area is 104 Å². The summed E-state index contributed by atoms with van der Waals surface area (Å²) < 4.78 is 0. The molecule has 1 aliphatic rings. The van der Waals surface area contributed by atoms with E-state index in [1.54, 1.807) is 0 Å². The van der Waals surface area contributed by atoms with Crippen LogP contribution in [0.2, 0.25) is 0 Å². The lowest BCUT2D eigenvalue weighted by molar-refractivity contribution is 0.173. The van der Waals surface area contributed by atoms with Crippen molar-refractivity contribution in [2.75, 3.05) is 18.0 Å². The second kappa shape index (κ2) is 5.37. The molecule has 1 atom stereocenters. The van der Waals surface area contributed by atoms with Crippen LogP contribution in [0.5, 0.6) is 0 Å². The molecule has 2 heteroatoms. The van der Waals surface area contributed by atoms with E-state index in [-0.39, 0.29) is 6.10 Å². The van der Waals surface area contributed by atoms with E-state index in [1.807, 2.05) is 19.1 Å². The Bertz CT molecular complexity index is 394. The number of rotatable bonds is 3. The predicted molar refractivity (Wildman–Crippen MR) is 72.3 cm³/mol. The number of aliphatic hydroxyl groups is 1. The molecule has 1 aromatic carbocycles. The maximum Gasteiger partial charge on any atom is 0.0787 e. The molecule has 1 N–H and O–H groups in total. The van der Waals surface area contributed by atoms with Crippen LogP contribution >= 0.6 is 0 Å². The van der Waals surface area contributed by atoms with E-state index in [0.29, 0.717) is 0 Å². The summed E-state index contributed by atoms with van der Waals surface area (Å²) in [5.41, 5.74) is 3.71. The maximum absolute atomic E-state index is 9.75. The van der Waals surface area contributed by atoms with Gasteiger partial charge in [-0.1, -0.05) is 30.7 Å². The normalized spacial score (nSPS) is 17.8. The molecule has 0 radical (unpaired) electrons. The van der Waals surface area contributed by atoms with Crippen molar-refractivity contribution in [3.8, 4) is 0 Å². The van der Waals surface area contributed by atoms with Crippen LogP contribution < -0.4 is 4.90 Å². The Morgan fingerprint density at radius 3 is 2.59 bits per heavy atom. The van der Waals surface area contributed by atoms with Crippen molar-refractivity contribution in [2.45, 2.75) is 32.8 Å². The number of hydrogen-bond acceptors (Lipinski definition) is 2. The van der Waals surface area contributed by atoms with Gasteiger partial charge in [0.05, 0.1) is 6.10 Å². The van der Waals surface area contributed by atoms with E-state index >= 15 is 0 Å². The van der Waals surface area contributed by atoms with E-state index in [0.717, 1.165) is 31.5 Å². The van der Waals surface area contributed by atoms with E-state index in [4.69, 9.17) is 0 Å². The van der Waals surface area contributed by atoms with Crippen LogP contribution in [0, 0.1) is 0 Å². The largest absolute Gasteiger partial charge is 0.388 e. The van der Waals surface area contributed by atoms with Gasteiger partial charge in [0.25, 0.3) is 0 Å². The molecule has 17 heavy (non-hydrogen) atoms. The summed E-state index contributed by atoms with van der Waals surface area (Å²) in [7, 11) is 0. The molecule has 0 amide bonds. The highest BCUT2D eigenvalue weighted by atomic mass is 16.3. The van der Waals surface area contributed by atoms with Gasteiger partial charge in [-0.2, -0.15) is 0 Å². The summed E-state index contributed by atoms with van der Waals surface area (Å²) in [6, 6.07) is 8.31. The van der Waals surface area contributed by atoms with Crippen molar-refractivity contribution in [2.24, 2.45) is 0 Å². The number of anilines is 1. The molecule has 1 aliphatic heterocycles. The second-order valence-corrected chi connectivity index (χ2v) is 4.78. The third kappa shape index (κ3) is 2.89. The molecular weight excluding hydrogens is 210 g/mol. The molecule has 0 spiro atoms. The average molecular weight is 231 g/mol. The molecule has 92 valence electrons. The van der Waals surface area contributed by atoms with Crippen molar-refractivity contribution >= 4 is 5.69 Å². The van der Waals surface area contributed by atoms with Gasteiger partial charge in [-0.15, -0.1) is 0 Å². The summed E-state index contributed by atoms with van der Waals surface area (Å²) in [5.74, 6) is 0. The molecule has 2 nitrogen and oxygen atoms in total. The highest BCUT2D eigenvalue weighted by Crippen LogP contribution is 2.23. The molecule has 0 saturated carbocycles. The van der Waals surface area contributed by atoms with E-state index in [1.165, 1.54) is 11.3 Å². The molecular formula is C15H21NO. The molecule has 0 fully saturated rings. The summed E-state index contributed by atoms with van der Waals surface area (Å²) >= 11 is 0. The van der Waals surface area contributed by atoms with Crippen LogP contribution in [0.4, 0.5) is 5.69 Å². The van der Waals surface area contributed by atoms with Gasteiger partial charge in [0, 0.05) is 18.8 Å². The summed E-state index contributed by atoms with van der Waals surface area (Å²) in [4.78, 5) is 2.39. The molecule has 0 bridgehead atoms. The fourth-order valence-electron chi connectivity index (χ4n) is 2.27. The van der Waals surface area contributed by atoms with Crippen molar-refractivity contribution in [1.82, 2.24) is 0 Å². The highest BCUT2D eigenvalue weighted by molar-refractivity contribution is 5.49. The van der Waals surface area contributed by atoms with Gasteiger partial charge in [-0.05, 0) is 37.5 Å². The third-order valence-corrected chi connectivity index (χ3v) is 3.36. The van der Waals surface area contributed by atoms with Gasteiger partial charge >= 0.3 is 0 Å². The Hall–Kier alpha value is -1.28. The maximum atomic E-state index is 9.75. The van der Waals surface area contributed by atoms with Crippen molar-refractivity contribution < 1.29 is 5.11 Å². The minimum absolute atomic E-state index is 0.327. The van der Waals surface area contributed by atoms with Crippen LogP contribution in [-0.2, 0) is 0 Å². The van der Waals surface area contributed by atoms with Gasteiger partial charge in [0.1, 0.15) is 0 Å². The second-order valence-electron chi connectivity index (χ2n) is 4.78. The smallest absolute Gasteiger partial charge is 0.0787 e. The first-order chi connectivity index (χ1) is 8.20. The van der Waals surface area contributed by atoms with E-state index in [2.05, 4.69) is 30.0 Å². The van der Waals surface area contributed by atoms with E-state index in [9.17, 15) is 5.11 Å². The lowest BCUT2D eigenvalue weighted by Gasteiger charge is -2.28. The topological polar surface area (TPSA) is 23.5 Å². The Morgan fingerprint density at radius 2 is 2.00 bits per heavy atom. The molecule has 2 rings (SSSR count). The van der Waals surface area contributed by atoms with Crippen molar-refractivity contribution in [3.05, 3.63) is 41.5 Å². The lowest BCUT2D eigenvalue weighted by atomic mass is 10.1. The first kappa shape index (κ1) is 12.2. The molecule has 0 aliphatic carbocycles. The van der Waals surface area contributed by atoms with Crippen molar-refractivity contribution in [3.63, 3.8) is 0 Å². The Kier molecular flexibility index (Phi) is 3.85. The fraction of sp³-hybridized carbons (Fsp3) is 0.467. The average Bonchev–Trinajstić information content (AvgIpc) is 2.38. The number of hydrogen-bond donors (Lipinski definition) is 1. The minimum atomic E-state index is -0.327. The molecule has 1 aromatic rings. The Balaban J connectivity index is 2.10. The van der Waals surface area contributed by atoms with Crippen LogP contribution in [0.15, 0.2) is 35.9 Å². The Morgan fingerprint density at radius 1 is 1.29 bits per heavy atom. The zero-order valence-corrected chi connectivity index (χ0v) is 10.7. The fourth-order valence-corrected chi connectivity index (χ4v) is 2.27. The third-order valence-electron chi connectivity index (χ3n) is 3.36. The SMILES string of the molecule is CCC(O)c1ccc(N2CCC=C(C)C2)cc1. The zero-order chi connectivity index (χ0) is 12.3. The van der Waals surface area contributed by atoms with Crippen LogP contribution in [-0.4, -0.2) is 18.2 Å². The van der Waals surface area contributed by atoms with E-state index < -0.39 is 0 Å². The first-order valence-corrected chi connectivity index (χ1v) is 6.39. The number of benzene rings is 1. The lowest BCUT2D eigenvalue weighted by Crippen LogP contribution is -2.28. The molecule has 0 aromatic heterocycles. The molecule has 0 saturated heterocycles. The summed E-state index contributed by atoms with van der Waals surface area (Å²) in [6.45, 7) is 6.29. The van der Waals surface area contributed by atoms with Gasteiger partial charge in [-0.3, -0.25) is 0 Å². The standard InChI is InChI=1S/C15H21NO/c1-3-15(17)13-6-8-14(9-7-13)16-10-4-5-12(2)11-16/h5-9,15,17H,3-4,10-11H2,1-2H3. The monoisotopic (exact) mass is 231 g/mol. The van der Waals surface area contributed by atoms with Crippen LogP contribution in [0.1, 0.15) is 38.4 Å². The summed E-state index contributed by atoms with van der Waals surface area (Å²) in [6.07, 6.45) is 3.88. The van der Waals surface area contributed by atoms with Crippen molar-refractivity contribution in [1.29, 1.82) is 0 Å². The molecule has 1 unspecified atom stereocenters. The van der Waals surface area contributed by atoms with Crippen LogP contribution in [0.25, 0.3) is 0 Å². The minimum Gasteiger partial charge on any atom is -0.388 e. The van der Waals surface area contributed by atoms with Gasteiger partial charge in [-0.25, -0.2) is 0 Å². The quantitative estimate of drug-likeness (QED) is 0.807. The zero-order valence-electron chi connectivity index (χ0n) is 10.7. The highest BCUT2D eigenvalue weighted by Gasteiger charge is 2.11. The first-order valence-electron chi connectivity index (χ1n) is 6.39. The summed E-state index contributed by atoms with van der Waals surface area (Å²) in [5, 5.41) is 9.75. The van der Waals surface area contributed by atoms with Gasteiger partial charge in [0.15, 0.2) is 0 Å².